The fourth-order valence-electron chi connectivity index (χ4n) is 2.78. The first kappa shape index (κ1) is 15.3. The number of rotatable bonds is 4. The van der Waals surface area contributed by atoms with E-state index in [0.29, 0.717) is 5.56 Å². The van der Waals surface area contributed by atoms with Crippen LogP contribution in [0.3, 0.4) is 0 Å². The number of nitrogens with zero attached hydrogens (tertiary/aromatic N) is 1. The molecule has 2 rings (SSSR count). The first-order chi connectivity index (χ1) is 9.87. The summed E-state index contributed by atoms with van der Waals surface area (Å²) >= 11 is 0. The Labute approximate surface area is 126 Å². The predicted octanol–water partition coefficient (Wildman–Crippen LogP) is 4.03. The summed E-state index contributed by atoms with van der Waals surface area (Å²) in [6.07, 6.45) is 1.29. The average Bonchev–Trinajstić information content (AvgIpc) is 2.97. The minimum Gasteiger partial charge on any atom is -0.442 e. The quantitative estimate of drug-likeness (QED) is 0.619. The number of ether oxygens (including phenoxy) is 1. The first-order valence-corrected chi connectivity index (χ1v) is 7.18. The summed E-state index contributed by atoms with van der Waals surface area (Å²) in [4.78, 5) is 12.4. The highest BCUT2D eigenvalue weighted by Crippen LogP contribution is 2.60. The molecule has 0 heterocycles. The molecule has 1 aliphatic carbocycles. The Bertz CT molecular complexity index is 591. The number of esters is 1. The molecule has 1 fully saturated rings. The van der Waals surface area contributed by atoms with E-state index in [1.807, 2.05) is 32.0 Å². The van der Waals surface area contributed by atoms with Gasteiger partial charge in [-0.2, -0.15) is 5.26 Å². The van der Waals surface area contributed by atoms with E-state index in [1.165, 1.54) is 5.57 Å². The summed E-state index contributed by atoms with van der Waals surface area (Å²) < 4.78 is 5.43. The Hall–Kier alpha value is -2.08. The van der Waals surface area contributed by atoms with E-state index >= 15 is 0 Å². The van der Waals surface area contributed by atoms with Crippen LogP contribution in [0.5, 0.6) is 0 Å². The molecule has 21 heavy (non-hydrogen) atoms. The molecule has 110 valence electrons. The van der Waals surface area contributed by atoms with Crippen molar-refractivity contribution in [3.8, 4) is 6.07 Å². The highest BCUT2D eigenvalue weighted by Gasteiger charge is 2.61. The number of carbonyl (C=O) groups excluding carboxylic acids is 1. The molecule has 1 aliphatic rings. The Kier molecular flexibility index (Phi) is 4.18. The molecule has 0 radical (unpaired) electrons. The minimum absolute atomic E-state index is 0.0922. The molecule has 0 N–H and O–H groups in total. The number of hydrogen-bond donors (Lipinski definition) is 0. The van der Waals surface area contributed by atoms with Gasteiger partial charge in [-0.1, -0.05) is 55.8 Å². The lowest BCUT2D eigenvalue weighted by atomic mass is 10.1. The molecule has 0 amide bonds. The van der Waals surface area contributed by atoms with Crippen molar-refractivity contribution in [1.29, 1.82) is 5.26 Å². The van der Waals surface area contributed by atoms with Crippen LogP contribution < -0.4 is 0 Å². The fourth-order valence-corrected chi connectivity index (χ4v) is 2.78. The van der Waals surface area contributed by atoms with E-state index < -0.39 is 6.10 Å². The van der Waals surface area contributed by atoms with Crippen LogP contribution in [0.2, 0.25) is 0 Å². The van der Waals surface area contributed by atoms with Crippen molar-refractivity contribution in [3.05, 3.63) is 47.5 Å². The van der Waals surface area contributed by atoms with Crippen LogP contribution in [0.15, 0.2) is 42.0 Å². The SMILES string of the molecule is CC(C)=C[C@@H]1[C@@H](C(=O)OC(C#N)c2ccccc2)C1(C)C. The van der Waals surface area contributed by atoms with Crippen LogP contribution in [0.1, 0.15) is 39.4 Å². The molecule has 0 aliphatic heterocycles. The highest BCUT2D eigenvalue weighted by atomic mass is 16.5. The summed E-state index contributed by atoms with van der Waals surface area (Å²) in [5.74, 6) is -0.241. The summed E-state index contributed by atoms with van der Waals surface area (Å²) in [5, 5.41) is 9.23. The van der Waals surface area contributed by atoms with Gasteiger partial charge in [-0.3, -0.25) is 4.79 Å². The molecule has 3 nitrogen and oxygen atoms in total. The normalized spacial score (nSPS) is 23.6. The molecule has 1 unspecified atom stereocenters. The van der Waals surface area contributed by atoms with Crippen molar-refractivity contribution >= 4 is 5.97 Å². The van der Waals surface area contributed by atoms with Gasteiger partial charge < -0.3 is 4.74 Å². The Morgan fingerprint density at radius 3 is 2.48 bits per heavy atom. The second-order valence-corrected chi connectivity index (χ2v) is 6.43. The largest absolute Gasteiger partial charge is 0.442 e. The summed E-state index contributed by atoms with van der Waals surface area (Å²) in [7, 11) is 0. The maximum Gasteiger partial charge on any atom is 0.311 e. The second kappa shape index (κ2) is 5.73. The molecular formula is C18H21NO2. The van der Waals surface area contributed by atoms with Crippen molar-refractivity contribution < 1.29 is 9.53 Å². The zero-order chi connectivity index (χ0) is 15.6. The van der Waals surface area contributed by atoms with E-state index in [-0.39, 0.29) is 23.2 Å². The van der Waals surface area contributed by atoms with E-state index in [2.05, 4.69) is 26.0 Å². The number of nitriles is 1. The molecule has 0 bridgehead atoms. The minimum atomic E-state index is -0.831. The van der Waals surface area contributed by atoms with Crippen LogP contribution in [0.4, 0.5) is 0 Å². The van der Waals surface area contributed by atoms with E-state index in [1.54, 1.807) is 12.1 Å². The van der Waals surface area contributed by atoms with Gasteiger partial charge >= 0.3 is 5.97 Å². The van der Waals surface area contributed by atoms with Gasteiger partial charge in [-0.15, -0.1) is 0 Å². The lowest BCUT2D eigenvalue weighted by Gasteiger charge is -2.11. The lowest BCUT2D eigenvalue weighted by molar-refractivity contribution is -0.149. The van der Waals surface area contributed by atoms with Gasteiger partial charge in [0.15, 0.2) is 0 Å². The summed E-state index contributed by atoms with van der Waals surface area (Å²) in [6, 6.07) is 11.2. The molecular weight excluding hydrogens is 262 g/mol. The third-order valence-electron chi connectivity index (χ3n) is 4.13. The summed E-state index contributed by atoms with van der Waals surface area (Å²) in [6.45, 7) is 8.18. The number of hydrogen-bond acceptors (Lipinski definition) is 3. The predicted molar refractivity (Wildman–Crippen MR) is 81.1 cm³/mol. The van der Waals surface area contributed by atoms with Crippen molar-refractivity contribution in [2.24, 2.45) is 17.3 Å². The zero-order valence-electron chi connectivity index (χ0n) is 13.0. The van der Waals surface area contributed by atoms with Crippen LogP contribution in [0, 0.1) is 28.6 Å². The van der Waals surface area contributed by atoms with Crippen LogP contribution >= 0.6 is 0 Å². The van der Waals surface area contributed by atoms with Gasteiger partial charge in [0.1, 0.15) is 6.07 Å². The monoisotopic (exact) mass is 283 g/mol. The van der Waals surface area contributed by atoms with Gasteiger partial charge in [0.2, 0.25) is 6.10 Å². The topological polar surface area (TPSA) is 50.1 Å². The third kappa shape index (κ3) is 3.16. The van der Waals surface area contributed by atoms with Gasteiger partial charge in [0.05, 0.1) is 5.92 Å². The molecule has 3 heteroatoms. The van der Waals surface area contributed by atoms with E-state index in [0.717, 1.165) is 0 Å². The van der Waals surface area contributed by atoms with Crippen LogP contribution in [0.25, 0.3) is 0 Å². The Balaban J connectivity index is 2.09. The van der Waals surface area contributed by atoms with Crippen molar-refractivity contribution in [2.45, 2.75) is 33.8 Å². The first-order valence-electron chi connectivity index (χ1n) is 7.18. The third-order valence-corrected chi connectivity index (χ3v) is 4.13. The maximum absolute atomic E-state index is 12.4. The smallest absolute Gasteiger partial charge is 0.311 e. The average molecular weight is 283 g/mol. The molecule has 1 aromatic carbocycles. The standard InChI is InChI=1S/C18H21NO2/c1-12(2)10-14-16(18(14,3)4)17(20)21-15(11-19)13-8-6-5-7-9-13/h5-10,14-16H,1-4H3/t14-,15?,16+/m1/s1. The van der Waals surface area contributed by atoms with Gasteiger partial charge in [0, 0.05) is 5.56 Å². The fraction of sp³-hybridized carbons (Fsp3) is 0.444. The van der Waals surface area contributed by atoms with Gasteiger partial charge in [-0.05, 0) is 25.2 Å². The van der Waals surface area contributed by atoms with E-state index in [9.17, 15) is 10.1 Å². The van der Waals surface area contributed by atoms with Crippen molar-refractivity contribution in [3.63, 3.8) is 0 Å². The van der Waals surface area contributed by atoms with Crippen molar-refractivity contribution in [1.82, 2.24) is 0 Å². The lowest BCUT2D eigenvalue weighted by Crippen LogP contribution is -2.14. The van der Waals surface area contributed by atoms with Crippen molar-refractivity contribution in [2.75, 3.05) is 0 Å². The molecule has 3 atom stereocenters. The molecule has 0 saturated heterocycles. The Morgan fingerprint density at radius 1 is 1.33 bits per heavy atom. The maximum atomic E-state index is 12.4. The molecule has 1 saturated carbocycles. The Morgan fingerprint density at radius 2 is 1.95 bits per heavy atom. The zero-order valence-corrected chi connectivity index (χ0v) is 13.0. The summed E-state index contributed by atoms with van der Waals surface area (Å²) in [5.41, 5.74) is 1.82. The molecule has 0 spiro atoms. The van der Waals surface area contributed by atoms with Crippen LogP contribution in [-0.2, 0) is 9.53 Å². The number of benzene rings is 1. The molecule has 0 aromatic heterocycles. The molecule has 1 aromatic rings. The number of carbonyl (C=O) groups is 1. The van der Waals surface area contributed by atoms with Gasteiger partial charge in [0.25, 0.3) is 0 Å². The highest BCUT2D eigenvalue weighted by molar-refractivity contribution is 5.78. The second-order valence-electron chi connectivity index (χ2n) is 6.43. The van der Waals surface area contributed by atoms with Gasteiger partial charge in [-0.25, -0.2) is 0 Å². The van der Waals surface area contributed by atoms with Crippen LogP contribution in [-0.4, -0.2) is 5.97 Å². The van der Waals surface area contributed by atoms with E-state index in [4.69, 9.17) is 4.74 Å². The number of allylic oxidation sites excluding steroid dienone is 2.